The van der Waals surface area contributed by atoms with Gasteiger partial charge in [0, 0.05) is 17.5 Å². The first-order valence-electron chi connectivity index (χ1n) is 6.09. The SMILES string of the molecule is CC(N)C(O)c1ccc2c(c1)C(C)C(C)(C)O2. The topological polar surface area (TPSA) is 55.5 Å². The lowest BCUT2D eigenvalue weighted by Crippen LogP contribution is -2.28. The molecule has 1 aliphatic rings. The highest BCUT2D eigenvalue weighted by molar-refractivity contribution is 5.45. The minimum atomic E-state index is -0.615. The molecule has 3 atom stereocenters. The Bertz CT molecular complexity index is 426. The number of aliphatic hydroxyl groups is 1. The summed E-state index contributed by atoms with van der Waals surface area (Å²) in [5, 5.41) is 9.98. The molecule has 0 saturated heterocycles. The maximum atomic E-state index is 9.98. The Balaban J connectivity index is 2.37. The molecule has 94 valence electrons. The molecule has 2 rings (SSSR count). The van der Waals surface area contributed by atoms with E-state index in [2.05, 4.69) is 20.8 Å². The van der Waals surface area contributed by atoms with Crippen LogP contribution in [0.15, 0.2) is 18.2 Å². The second kappa shape index (κ2) is 4.00. The fraction of sp³-hybridized carbons (Fsp3) is 0.571. The minimum absolute atomic E-state index is 0.180. The van der Waals surface area contributed by atoms with E-state index >= 15 is 0 Å². The number of aliphatic hydroxyl groups excluding tert-OH is 1. The molecule has 3 unspecified atom stereocenters. The molecule has 1 aromatic rings. The van der Waals surface area contributed by atoms with E-state index in [0.29, 0.717) is 5.92 Å². The molecule has 1 heterocycles. The summed E-state index contributed by atoms with van der Waals surface area (Å²) >= 11 is 0. The van der Waals surface area contributed by atoms with Crippen LogP contribution in [0.25, 0.3) is 0 Å². The lowest BCUT2D eigenvalue weighted by atomic mass is 9.87. The first-order chi connectivity index (χ1) is 7.83. The van der Waals surface area contributed by atoms with E-state index in [4.69, 9.17) is 10.5 Å². The fourth-order valence-electron chi connectivity index (χ4n) is 2.23. The summed E-state index contributed by atoms with van der Waals surface area (Å²) in [5.41, 5.74) is 7.57. The van der Waals surface area contributed by atoms with Crippen molar-refractivity contribution in [2.75, 3.05) is 0 Å². The van der Waals surface area contributed by atoms with E-state index in [9.17, 15) is 5.11 Å². The number of fused-ring (bicyclic) bond motifs is 1. The van der Waals surface area contributed by atoms with E-state index in [1.54, 1.807) is 0 Å². The van der Waals surface area contributed by atoms with Gasteiger partial charge < -0.3 is 15.6 Å². The molecule has 0 spiro atoms. The molecule has 0 saturated carbocycles. The van der Waals surface area contributed by atoms with Crippen LogP contribution in [0.5, 0.6) is 5.75 Å². The summed E-state index contributed by atoms with van der Waals surface area (Å²) in [7, 11) is 0. The van der Waals surface area contributed by atoms with Crippen molar-refractivity contribution in [2.24, 2.45) is 5.73 Å². The molecular weight excluding hydrogens is 214 g/mol. The molecule has 0 aliphatic carbocycles. The summed E-state index contributed by atoms with van der Waals surface area (Å²) in [6, 6.07) is 5.57. The molecule has 3 N–H and O–H groups in total. The van der Waals surface area contributed by atoms with Gasteiger partial charge in [-0.25, -0.2) is 0 Å². The number of nitrogens with two attached hydrogens (primary N) is 1. The molecule has 0 bridgehead atoms. The minimum Gasteiger partial charge on any atom is -0.487 e. The second-order valence-corrected chi connectivity index (χ2v) is 5.53. The van der Waals surface area contributed by atoms with E-state index < -0.39 is 6.10 Å². The highest BCUT2D eigenvalue weighted by Gasteiger charge is 2.38. The zero-order valence-corrected chi connectivity index (χ0v) is 10.9. The predicted octanol–water partition coefficient (Wildman–Crippen LogP) is 2.34. The van der Waals surface area contributed by atoms with Crippen molar-refractivity contribution >= 4 is 0 Å². The number of ether oxygens (including phenoxy) is 1. The molecule has 3 nitrogen and oxygen atoms in total. The van der Waals surface area contributed by atoms with Crippen LogP contribution in [0.2, 0.25) is 0 Å². The largest absolute Gasteiger partial charge is 0.487 e. The number of hydrogen-bond acceptors (Lipinski definition) is 3. The molecule has 3 heteroatoms. The van der Waals surface area contributed by atoms with Crippen LogP contribution in [0, 0.1) is 0 Å². The van der Waals surface area contributed by atoms with Crippen LogP contribution in [-0.2, 0) is 0 Å². The van der Waals surface area contributed by atoms with Crippen LogP contribution < -0.4 is 10.5 Å². The van der Waals surface area contributed by atoms with Crippen LogP contribution in [0.3, 0.4) is 0 Å². The summed E-state index contributed by atoms with van der Waals surface area (Å²) < 4.78 is 5.89. The Morgan fingerprint density at radius 1 is 1.41 bits per heavy atom. The summed E-state index contributed by atoms with van der Waals surface area (Å²) in [6.45, 7) is 8.12. The Kier molecular flexibility index (Phi) is 2.92. The number of hydrogen-bond donors (Lipinski definition) is 2. The molecule has 0 aromatic heterocycles. The Morgan fingerprint density at radius 3 is 2.65 bits per heavy atom. The highest BCUT2D eigenvalue weighted by Crippen LogP contribution is 2.45. The maximum absolute atomic E-state index is 9.98. The Labute approximate surface area is 103 Å². The van der Waals surface area contributed by atoms with E-state index in [0.717, 1.165) is 16.9 Å². The van der Waals surface area contributed by atoms with Gasteiger partial charge in [0.2, 0.25) is 0 Å². The lowest BCUT2D eigenvalue weighted by molar-refractivity contribution is 0.116. The predicted molar refractivity (Wildman–Crippen MR) is 68.2 cm³/mol. The molecule has 0 radical (unpaired) electrons. The molecule has 1 aromatic carbocycles. The normalized spacial score (nSPS) is 24.9. The zero-order valence-electron chi connectivity index (χ0n) is 10.9. The van der Waals surface area contributed by atoms with Crippen molar-refractivity contribution in [3.63, 3.8) is 0 Å². The van der Waals surface area contributed by atoms with Crippen molar-refractivity contribution in [3.8, 4) is 5.75 Å². The van der Waals surface area contributed by atoms with Crippen LogP contribution >= 0.6 is 0 Å². The maximum Gasteiger partial charge on any atom is 0.123 e. The summed E-state index contributed by atoms with van der Waals surface area (Å²) in [5.74, 6) is 1.24. The van der Waals surface area contributed by atoms with Gasteiger partial charge in [-0.2, -0.15) is 0 Å². The zero-order chi connectivity index (χ0) is 12.8. The van der Waals surface area contributed by atoms with Crippen molar-refractivity contribution < 1.29 is 9.84 Å². The number of benzene rings is 1. The molecule has 0 amide bonds. The van der Waals surface area contributed by atoms with Gasteiger partial charge >= 0.3 is 0 Å². The third-order valence-electron chi connectivity index (χ3n) is 3.76. The summed E-state index contributed by atoms with van der Waals surface area (Å²) in [6.07, 6.45) is -0.615. The standard InChI is InChI=1S/C14H21NO2/c1-8-11-7-10(13(16)9(2)15)5-6-12(11)17-14(8,3)4/h5-9,13,16H,15H2,1-4H3. The van der Waals surface area contributed by atoms with Gasteiger partial charge in [0.1, 0.15) is 11.4 Å². The second-order valence-electron chi connectivity index (χ2n) is 5.53. The first-order valence-corrected chi connectivity index (χ1v) is 6.09. The quantitative estimate of drug-likeness (QED) is 0.827. The van der Waals surface area contributed by atoms with E-state index in [1.807, 2.05) is 25.1 Å². The van der Waals surface area contributed by atoms with Crippen molar-refractivity contribution in [3.05, 3.63) is 29.3 Å². The Morgan fingerprint density at radius 2 is 2.06 bits per heavy atom. The summed E-state index contributed by atoms with van der Waals surface area (Å²) in [4.78, 5) is 0. The van der Waals surface area contributed by atoms with Gasteiger partial charge in [-0.05, 0) is 38.5 Å². The van der Waals surface area contributed by atoms with Gasteiger partial charge in [-0.1, -0.05) is 13.0 Å². The molecule has 1 aliphatic heterocycles. The number of rotatable bonds is 2. The Hall–Kier alpha value is -1.06. The average Bonchev–Trinajstić information content (AvgIpc) is 2.48. The van der Waals surface area contributed by atoms with Gasteiger partial charge in [-0.3, -0.25) is 0 Å². The lowest BCUT2D eigenvalue weighted by Gasteiger charge is -2.23. The fourth-order valence-corrected chi connectivity index (χ4v) is 2.23. The van der Waals surface area contributed by atoms with Gasteiger partial charge in [-0.15, -0.1) is 0 Å². The highest BCUT2D eigenvalue weighted by atomic mass is 16.5. The molecule has 17 heavy (non-hydrogen) atoms. The first kappa shape index (κ1) is 12.4. The smallest absolute Gasteiger partial charge is 0.123 e. The molecule has 0 fully saturated rings. The van der Waals surface area contributed by atoms with E-state index in [-0.39, 0.29) is 11.6 Å². The third-order valence-corrected chi connectivity index (χ3v) is 3.76. The van der Waals surface area contributed by atoms with Crippen molar-refractivity contribution in [1.82, 2.24) is 0 Å². The van der Waals surface area contributed by atoms with E-state index in [1.165, 1.54) is 0 Å². The van der Waals surface area contributed by atoms with Crippen molar-refractivity contribution in [1.29, 1.82) is 0 Å². The van der Waals surface area contributed by atoms with Crippen LogP contribution in [0.1, 0.15) is 50.8 Å². The van der Waals surface area contributed by atoms with Gasteiger partial charge in [0.05, 0.1) is 6.10 Å². The van der Waals surface area contributed by atoms with Gasteiger partial charge in [0.25, 0.3) is 0 Å². The average molecular weight is 235 g/mol. The van der Waals surface area contributed by atoms with Gasteiger partial charge in [0.15, 0.2) is 0 Å². The third kappa shape index (κ3) is 2.05. The van der Waals surface area contributed by atoms with Crippen LogP contribution in [-0.4, -0.2) is 16.7 Å². The molecular formula is C14H21NO2. The van der Waals surface area contributed by atoms with Crippen molar-refractivity contribution in [2.45, 2.75) is 51.4 Å². The van der Waals surface area contributed by atoms with Crippen LogP contribution in [0.4, 0.5) is 0 Å². The monoisotopic (exact) mass is 235 g/mol.